The number of phenols is 1. The minimum atomic E-state index is -0.0362. The van der Waals surface area contributed by atoms with Gasteiger partial charge in [0.2, 0.25) is 0 Å². The summed E-state index contributed by atoms with van der Waals surface area (Å²) in [7, 11) is 0. The molecule has 3 aliphatic rings. The summed E-state index contributed by atoms with van der Waals surface area (Å²) in [6, 6.07) is 10.6. The SMILES string of the molecule is O=C(N[C@H]1CN2CCC1CC2)c1ccc(Oc2ccccc2O)s1. The Hall–Kier alpha value is -2.05. The molecule has 0 aliphatic carbocycles. The second kappa shape index (κ2) is 6.45. The normalized spacial score (nSPS) is 25.4. The van der Waals surface area contributed by atoms with Crippen LogP contribution in [0.5, 0.6) is 16.6 Å². The third-order valence-corrected chi connectivity index (χ3v) is 5.82. The molecule has 1 aromatic heterocycles. The molecule has 0 unspecified atom stereocenters. The topological polar surface area (TPSA) is 61.8 Å². The van der Waals surface area contributed by atoms with Crippen molar-refractivity contribution in [3.63, 3.8) is 0 Å². The van der Waals surface area contributed by atoms with Crippen molar-refractivity contribution in [2.24, 2.45) is 5.92 Å². The molecule has 0 radical (unpaired) electrons. The number of hydrogen-bond acceptors (Lipinski definition) is 5. The summed E-state index contributed by atoms with van der Waals surface area (Å²) in [5.41, 5.74) is 0. The fourth-order valence-corrected chi connectivity index (χ4v) is 4.29. The molecule has 4 heterocycles. The van der Waals surface area contributed by atoms with Crippen LogP contribution in [-0.2, 0) is 0 Å². The second-order valence-electron chi connectivity index (χ2n) is 6.41. The molecule has 2 N–H and O–H groups in total. The first-order valence-electron chi connectivity index (χ1n) is 8.28. The Bertz CT molecular complexity index is 737. The molecule has 0 saturated carbocycles. The van der Waals surface area contributed by atoms with Crippen LogP contribution in [-0.4, -0.2) is 41.6 Å². The summed E-state index contributed by atoms with van der Waals surface area (Å²) in [5, 5.41) is 13.5. The van der Waals surface area contributed by atoms with E-state index >= 15 is 0 Å². The highest BCUT2D eigenvalue weighted by Crippen LogP contribution is 2.34. The number of thiophene rings is 1. The lowest BCUT2D eigenvalue weighted by atomic mass is 9.84. The molecule has 1 aromatic carbocycles. The molecule has 5 rings (SSSR count). The van der Waals surface area contributed by atoms with E-state index in [9.17, 15) is 9.90 Å². The number of fused-ring (bicyclic) bond motifs is 3. The lowest BCUT2D eigenvalue weighted by molar-refractivity contribution is 0.0622. The third kappa shape index (κ3) is 3.12. The molecule has 24 heavy (non-hydrogen) atoms. The van der Waals surface area contributed by atoms with E-state index in [1.807, 2.05) is 0 Å². The number of piperidine rings is 3. The maximum Gasteiger partial charge on any atom is 0.261 e. The highest BCUT2D eigenvalue weighted by Gasteiger charge is 2.35. The predicted octanol–water partition coefficient (Wildman–Crippen LogP) is 3.07. The fourth-order valence-electron chi connectivity index (χ4n) is 3.52. The van der Waals surface area contributed by atoms with Gasteiger partial charge in [-0.15, -0.1) is 0 Å². The van der Waals surface area contributed by atoms with Crippen LogP contribution in [0.2, 0.25) is 0 Å². The van der Waals surface area contributed by atoms with Crippen molar-refractivity contribution in [2.45, 2.75) is 18.9 Å². The van der Waals surface area contributed by atoms with Gasteiger partial charge in [0, 0.05) is 12.6 Å². The smallest absolute Gasteiger partial charge is 0.261 e. The van der Waals surface area contributed by atoms with Gasteiger partial charge in [-0.25, -0.2) is 0 Å². The maximum absolute atomic E-state index is 12.5. The minimum Gasteiger partial charge on any atom is -0.504 e. The summed E-state index contributed by atoms with van der Waals surface area (Å²) in [6.45, 7) is 3.28. The van der Waals surface area contributed by atoms with Crippen LogP contribution in [0.25, 0.3) is 0 Å². The highest BCUT2D eigenvalue weighted by molar-refractivity contribution is 7.15. The first kappa shape index (κ1) is 15.5. The van der Waals surface area contributed by atoms with Gasteiger partial charge in [-0.2, -0.15) is 0 Å². The van der Waals surface area contributed by atoms with Gasteiger partial charge in [-0.1, -0.05) is 23.5 Å². The number of para-hydroxylation sites is 2. The summed E-state index contributed by atoms with van der Waals surface area (Å²) in [4.78, 5) is 15.6. The largest absolute Gasteiger partial charge is 0.504 e. The van der Waals surface area contributed by atoms with Gasteiger partial charge >= 0.3 is 0 Å². The van der Waals surface area contributed by atoms with Crippen LogP contribution in [0.15, 0.2) is 36.4 Å². The first-order chi connectivity index (χ1) is 11.7. The number of ether oxygens (including phenoxy) is 1. The van der Waals surface area contributed by atoms with E-state index in [2.05, 4.69) is 10.2 Å². The molecule has 3 saturated heterocycles. The van der Waals surface area contributed by atoms with E-state index in [0.717, 1.165) is 19.6 Å². The van der Waals surface area contributed by atoms with Gasteiger partial charge in [-0.3, -0.25) is 4.79 Å². The lowest BCUT2D eigenvalue weighted by Crippen LogP contribution is -2.57. The fraction of sp³-hybridized carbons (Fsp3) is 0.389. The standard InChI is InChI=1S/C18H20N2O3S/c21-14-3-1-2-4-15(14)23-17-6-5-16(24-17)18(22)19-13-11-20-9-7-12(13)8-10-20/h1-6,12-13,21H,7-11H2,(H,19,22)/t13-/m0/s1. The number of hydrogen-bond donors (Lipinski definition) is 2. The summed E-state index contributed by atoms with van der Waals surface area (Å²) in [5.74, 6) is 1.05. The van der Waals surface area contributed by atoms with Crippen molar-refractivity contribution in [1.82, 2.24) is 10.2 Å². The Kier molecular flexibility index (Phi) is 4.16. The Morgan fingerprint density at radius 3 is 2.71 bits per heavy atom. The third-order valence-electron chi connectivity index (χ3n) is 4.85. The molecule has 2 bridgehead atoms. The molecule has 3 fully saturated rings. The van der Waals surface area contributed by atoms with Gasteiger partial charge in [0.15, 0.2) is 16.6 Å². The van der Waals surface area contributed by atoms with Gasteiger partial charge in [0.05, 0.1) is 4.88 Å². The number of nitrogens with one attached hydrogen (secondary N) is 1. The molecule has 5 nitrogen and oxygen atoms in total. The van der Waals surface area contributed by atoms with Crippen molar-refractivity contribution < 1.29 is 14.6 Å². The first-order valence-corrected chi connectivity index (χ1v) is 9.09. The summed E-state index contributed by atoms with van der Waals surface area (Å²) < 4.78 is 5.66. The van der Waals surface area contributed by atoms with Crippen molar-refractivity contribution >= 4 is 17.2 Å². The van der Waals surface area contributed by atoms with Gasteiger partial charge in [0.25, 0.3) is 5.91 Å². The molecule has 3 aliphatic heterocycles. The van der Waals surface area contributed by atoms with Crippen molar-refractivity contribution in [3.8, 4) is 16.6 Å². The molecule has 2 aromatic rings. The van der Waals surface area contributed by atoms with Gasteiger partial charge < -0.3 is 20.1 Å². The van der Waals surface area contributed by atoms with E-state index in [1.165, 1.54) is 24.2 Å². The van der Waals surface area contributed by atoms with E-state index < -0.39 is 0 Å². The molecular weight excluding hydrogens is 324 g/mol. The Morgan fingerprint density at radius 1 is 1.21 bits per heavy atom. The zero-order valence-electron chi connectivity index (χ0n) is 13.3. The molecule has 126 valence electrons. The molecule has 6 heteroatoms. The zero-order chi connectivity index (χ0) is 16.5. The second-order valence-corrected chi connectivity index (χ2v) is 7.45. The van der Waals surface area contributed by atoms with E-state index in [0.29, 0.717) is 21.6 Å². The number of carbonyl (C=O) groups is 1. The van der Waals surface area contributed by atoms with Gasteiger partial charge in [-0.05, 0) is 56.1 Å². The summed E-state index contributed by atoms with van der Waals surface area (Å²) >= 11 is 1.29. The maximum atomic E-state index is 12.5. The lowest BCUT2D eigenvalue weighted by Gasteiger charge is -2.44. The predicted molar refractivity (Wildman–Crippen MR) is 92.9 cm³/mol. The van der Waals surface area contributed by atoms with Crippen molar-refractivity contribution in [2.75, 3.05) is 19.6 Å². The van der Waals surface area contributed by atoms with Crippen LogP contribution in [0, 0.1) is 5.92 Å². The van der Waals surface area contributed by atoms with Crippen molar-refractivity contribution in [1.29, 1.82) is 0 Å². The number of aromatic hydroxyl groups is 1. The average molecular weight is 344 g/mol. The van der Waals surface area contributed by atoms with Gasteiger partial charge in [0.1, 0.15) is 0 Å². The zero-order valence-corrected chi connectivity index (χ0v) is 14.1. The quantitative estimate of drug-likeness (QED) is 0.895. The molecular formula is C18H20N2O3S. The molecule has 0 spiro atoms. The Balaban J connectivity index is 1.41. The number of benzene rings is 1. The van der Waals surface area contributed by atoms with E-state index in [-0.39, 0.29) is 17.7 Å². The average Bonchev–Trinajstić information content (AvgIpc) is 3.07. The number of carbonyl (C=O) groups excluding carboxylic acids is 1. The van der Waals surface area contributed by atoms with E-state index in [4.69, 9.17) is 4.74 Å². The van der Waals surface area contributed by atoms with Crippen LogP contribution in [0.4, 0.5) is 0 Å². The van der Waals surface area contributed by atoms with Crippen LogP contribution in [0.3, 0.4) is 0 Å². The minimum absolute atomic E-state index is 0.0362. The molecule has 1 atom stereocenters. The highest BCUT2D eigenvalue weighted by atomic mass is 32.1. The van der Waals surface area contributed by atoms with Crippen LogP contribution >= 0.6 is 11.3 Å². The number of amides is 1. The Morgan fingerprint density at radius 2 is 2.00 bits per heavy atom. The summed E-state index contributed by atoms with van der Waals surface area (Å²) in [6.07, 6.45) is 2.36. The number of nitrogens with zero attached hydrogens (tertiary/aromatic N) is 1. The molecule has 1 amide bonds. The van der Waals surface area contributed by atoms with Crippen LogP contribution < -0.4 is 10.1 Å². The Labute approximate surface area is 144 Å². The monoisotopic (exact) mass is 344 g/mol. The van der Waals surface area contributed by atoms with Crippen LogP contribution in [0.1, 0.15) is 22.5 Å². The van der Waals surface area contributed by atoms with E-state index in [1.54, 1.807) is 36.4 Å². The number of rotatable bonds is 4. The number of phenolic OH excluding ortho intramolecular Hbond substituents is 1. The van der Waals surface area contributed by atoms with Crippen molar-refractivity contribution in [3.05, 3.63) is 41.3 Å².